The van der Waals surface area contributed by atoms with Crippen molar-refractivity contribution in [1.82, 2.24) is 4.98 Å². The Morgan fingerprint density at radius 1 is 1.33 bits per heavy atom. The van der Waals surface area contributed by atoms with E-state index in [1.807, 2.05) is 19.1 Å². The number of rotatable bonds is 3. The number of halogens is 2. The van der Waals surface area contributed by atoms with Gasteiger partial charge in [0, 0.05) is 10.7 Å². The fraction of sp³-hybridized carbons (Fsp3) is 0.0714. The van der Waals surface area contributed by atoms with Gasteiger partial charge in [-0.1, -0.05) is 40.6 Å². The Balaban J connectivity index is 2.27. The lowest BCUT2D eigenvalue weighted by molar-refractivity contribution is 1.38. The third-order valence-corrected chi connectivity index (χ3v) is 4.27. The van der Waals surface area contributed by atoms with Crippen LogP contribution >= 0.6 is 34.5 Å². The molecule has 0 saturated carbocycles. The van der Waals surface area contributed by atoms with Crippen LogP contribution in [0, 0.1) is 29.6 Å². The summed E-state index contributed by atoms with van der Waals surface area (Å²) in [5.74, 6) is 0. The minimum absolute atomic E-state index is 0.0227. The minimum atomic E-state index is -0.0227. The van der Waals surface area contributed by atoms with E-state index in [-0.39, 0.29) is 10.7 Å². The van der Waals surface area contributed by atoms with Crippen molar-refractivity contribution < 1.29 is 0 Å². The standard InChI is InChI=1S/C14H8Cl2N4S/c1-8-2-3-10(5-11(8)15)19-14-20-13(16)12(21-14)4-9(6-17)7-18/h2-5H,1H3,(H,19,20). The van der Waals surface area contributed by atoms with Gasteiger partial charge in [0.2, 0.25) is 0 Å². The first-order valence-corrected chi connectivity index (χ1v) is 7.32. The van der Waals surface area contributed by atoms with E-state index < -0.39 is 0 Å². The number of nitrogens with zero attached hydrogens (tertiary/aromatic N) is 3. The molecule has 0 fully saturated rings. The zero-order valence-electron chi connectivity index (χ0n) is 10.8. The van der Waals surface area contributed by atoms with Gasteiger partial charge in [-0.15, -0.1) is 0 Å². The van der Waals surface area contributed by atoms with Crippen LogP contribution in [-0.4, -0.2) is 4.98 Å². The van der Waals surface area contributed by atoms with Gasteiger partial charge < -0.3 is 5.32 Å². The molecule has 0 aliphatic rings. The van der Waals surface area contributed by atoms with Crippen molar-refractivity contribution in [3.8, 4) is 12.1 Å². The van der Waals surface area contributed by atoms with Crippen LogP contribution in [0.1, 0.15) is 10.4 Å². The highest BCUT2D eigenvalue weighted by atomic mass is 35.5. The summed E-state index contributed by atoms with van der Waals surface area (Å²) in [7, 11) is 0. The summed E-state index contributed by atoms with van der Waals surface area (Å²) in [5, 5.41) is 22.0. The summed E-state index contributed by atoms with van der Waals surface area (Å²) in [4.78, 5) is 4.70. The molecule has 2 rings (SSSR count). The maximum Gasteiger partial charge on any atom is 0.189 e. The Morgan fingerprint density at radius 2 is 2.05 bits per heavy atom. The van der Waals surface area contributed by atoms with Crippen LogP contribution in [0.4, 0.5) is 10.8 Å². The van der Waals surface area contributed by atoms with Gasteiger partial charge in [-0.05, 0) is 30.7 Å². The molecular weight excluding hydrogens is 327 g/mol. The molecule has 0 spiro atoms. The van der Waals surface area contributed by atoms with Crippen molar-refractivity contribution in [1.29, 1.82) is 10.5 Å². The number of thiazole rings is 1. The van der Waals surface area contributed by atoms with Crippen LogP contribution in [-0.2, 0) is 0 Å². The van der Waals surface area contributed by atoms with E-state index in [0.29, 0.717) is 15.0 Å². The van der Waals surface area contributed by atoms with Crippen LogP contribution in [0.15, 0.2) is 23.8 Å². The molecule has 4 nitrogen and oxygen atoms in total. The first kappa shape index (κ1) is 15.3. The van der Waals surface area contributed by atoms with Crippen LogP contribution in [0.25, 0.3) is 6.08 Å². The number of hydrogen-bond acceptors (Lipinski definition) is 5. The first-order valence-electron chi connectivity index (χ1n) is 5.75. The Labute approximate surface area is 135 Å². The predicted molar refractivity (Wildman–Crippen MR) is 85.8 cm³/mol. The number of nitrogens with one attached hydrogen (secondary N) is 1. The molecule has 0 unspecified atom stereocenters. The lowest BCUT2D eigenvalue weighted by atomic mass is 10.2. The lowest BCUT2D eigenvalue weighted by Crippen LogP contribution is -1.89. The van der Waals surface area contributed by atoms with E-state index in [1.54, 1.807) is 18.2 Å². The fourth-order valence-corrected chi connectivity index (χ4v) is 2.78. The largest absolute Gasteiger partial charge is 0.331 e. The van der Waals surface area contributed by atoms with Crippen molar-refractivity contribution in [2.24, 2.45) is 0 Å². The second kappa shape index (κ2) is 6.60. The highest BCUT2D eigenvalue weighted by Crippen LogP contribution is 2.31. The number of benzene rings is 1. The Morgan fingerprint density at radius 3 is 2.67 bits per heavy atom. The second-order valence-electron chi connectivity index (χ2n) is 4.04. The van der Waals surface area contributed by atoms with Gasteiger partial charge in [-0.25, -0.2) is 4.98 Å². The van der Waals surface area contributed by atoms with Gasteiger partial charge in [-0.3, -0.25) is 0 Å². The molecule has 0 aliphatic heterocycles. The number of anilines is 2. The molecule has 1 aromatic carbocycles. The van der Waals surface area contributed by atoms with Crippen molar-refractivity contribution >= 4 is 51.4 Å². The number of nitriles is 2. The smallest absolute Gasteiger partial charge is 0.189 e. The van der Waals surface area contributed by atoms with Gasteiger partial charge >= 0.3 is 0 Å². The first-order chi connectivity index (χ1) is 10.0. The molecule has 21 heavy (non-hydrogen) atoms. The minimum Gasteiger partial charge on any atom is -0.331 e. The molecule has 0 aliphatic carbocycles. The summed E-state index contributed by atoms with van der Waals surface area (Å²) < 4.78 is 0. The number of aryl methyl sites for hydroxylation is 1. The molecule has 0 amide bonds. The molecule has 0 radical (unpaired) electrons. The van der Waals surface area contributed by atoms with Gasteiger partial charge in [-0.2, -0.15) is 10.5 Å². The quantitative estimate of drug-likeness (QED) is 0.807. The Kier molecular flexibility index (Phi) is 4.82. The van der Waals surface area contributed by atoms with E-state index in [1.165, 1.54) is 17.4 Å². The summed E-state index contributed by atoms with van der Waals surface area (Å²) in [6, 6.07) is 9.12. The summed E-state index contributed by atoms with van der Waals surface area (Å²) in [6.45, 7) is 1.92. The monoisotopic (exact) mass is 334 g/mol. The number of aromatic nitrogens is 1. The Bertz CT molecular complexity index is 780. The Hall–Kier alpha value is -2.05. The molecule has 7 heteroatoms. The normalized spacial score (nSPS) is 9.57. The highest BCUT2D eigenvalue weighted by Gasteiger charge is 2.09. The van der Waals surface area contributed by atoms with Crippen LogP contribution in [0.5, 0.6) is 0 Å². The van der Waals surface area contributed by atoms with E-state index in [4.69, 9.17) is 33.7 Å². The van der Waals surface area contributed by atoms with Gasteiger partial charge in [0.05, 0.1) is 4.88 Å². The molecule has 1 heterocycles. The summed E-state index contributed by atoms with van der Waals surface area (Å²) >= 11 is 13.3. The average Bonchev–Trinajstić information content (AvgIpc) is 2.80. The third-order valence-electron chi connectivity index (χ3n) is 2.55. The summed E-state index contributed by atoms with van der Waals surface area (Å²) in [5.41, 5.74) is 1.74. The third kappa shape index (κ3) is 3.74. The topological polar surface area (TPSA) is 72.5 Å². The molecule has 1 N–H and O–H groups in total. The van der Waals surface area contributed by atoms with E-state index in [2.05, 4.69) is 10.3 Å². The average molecular weight is 335 g/mol. The fourth-order valence-electron chi connectivity index (χ4n) is 1.47. The van der Waals surface area contributed by atoms with Crippen LogP contribution < -0.4 is 5.32 Å². The number of hydrogen-bond donors (Lipinski definition) is 1. The molecular formula is C14H8Cl2N4S. The van der Waals surface area contributed by atoms with Crippen LogP contribution in [0.2, 0.25) is 10.2 Å². The van der Waals surface area contributed by atoms with E-state index in [9.17, 15) is 0 Å². The number of allylic oxidation sites excluding steroid dienone is 1. The van der Waals surface area contributed by atoms with Gasteiger partial charge in [0.1, 0.15) is 22.9 Å². The maximum absolute atomic E-state index is 8.75. The zero-order valence-corrected chi connectivity index (χ0v) is 13.1. The second-order valence-corrected chi connectivity index (χ2v) is 5.84. The lowest BCUT2D eigenvalue weighted by Gasteiger charge is -2.04. The molecule has 2 aromatic rings. The van der Waals surface area contributed by atoms with Gasteiger partial charge in [0.25, 0.3) is 0 Å². The highest BCUT2D eigenvalue weighted by molar-refractivity contribution is 7.17. The van der Waals surface area contributed by atoms with Gasteiger partial charge in [0.15, 0.2) is 5.13 Å². The molecule has 0 atom stereocenters. The molecule has 0 saturated heterocycles. The SMILES string of the molecule is Cc1ccc(Nc2nc(Cl)c(C=C(C#N)C#N)s2)cc1Cl. The zero-order chi connectivity index (χ0) is 15.4. The predicted octanol–water partition coefficient (Wildman–Crippen LogP) is 4.93. The molecule has 0 bridgehead atoms. The van der Waals surface area contributed by atoms with Crippen molar-refractivity contribution in [3.05, 3.63) is 44.4 Å². The summed E-state index contributed by atoms with van der Waals surface area (Å²) in [6.07, 6.45) is 1.41. The molecule has 104 valence electrons. The van der Waals surface area contributed by atoms with Crippen molar-refractivity contribution in [2.75, 3.05) is 5.32 Å². The van der Waals surface area contributed by atoms with Crippen molar-refractivity contribution in [2.45, 2.75) is 6.92 Å². The maximum atomic E-state index is 8.75. The van der Waals surface area contributed by atoms with Crippen molar-refractivity contribution in [3.63, 3.8) is 0 Å². The van der Waals surface area contributed by atoms with Crippen LogP contribution in [0.3, 0.4) is 0 Å². The van der Waals surface area contributed by atoms with E-state index >= 15 is 0 Å². The van der Waals surface area contributed by atoms with E-state index in [0.717, 1.165) is 11.3 Å². The molecule has 1 aromatic heterocycles.